The zero-order valence-corrected chi connectivity index (χ0v) is 20.5. The minimum atomic E-state index is -0.573. The molecule has 1 saturated heterocycles. The first kappa shape index (κ1) is 23.8. The van der Waals surface area contributed by atoms with E-state index in [1.54, 1.807) is 18.5 Å². The third-order valence-corrected chi connectivity index (χ3v) is 6.52. The van der Waals surface area contributed by atoms with Gasteiger partial charge in [-0.05, 0) is 69.0 Å². The summed E-state index contributed by atoms with van der Waals surface area (Å²) in [4.78, 5) is 27.6. The average Bonchev–Trinajstić information content (AvgIpc) is 3.44. The van der Waals surface area contributed by atoms with Gasteiger partial charge in [0.05, 0.1) is 17.9 Å². The van der Waals surface area contributed by atoms with E-state index in [1.807, 2.05) is 43.3 Å². The highest BCUT2D eigenvalue weighted by molar-refractivity contribution is 6.31. The highest BCUT2D eigenvalue weighted by atomic mass is 35.5. The number of nitrogens with one attached hydrogen (secondary N) is 1. The smallest absolute Gasteiger partial charge is 0.342 e. The predicted molar refractivity (Wildman–Crippen MR) is 134 cm³/mol. The van der Waals surface area contributed by atoms with Crippen LogP contribution < -0.4 is 10.2 Å². The molecule has 0 bridgehead atoms. The van der Waals surface area contributed by atoms with Crippen molar-refractivity contribution in [3.63, 3.8) is 0 Å². The van der Waals surface area contributed by atoms with E-state index in [9.17, 15) is 9.59 Å². The molecule has 0 radical (unpaired) electrons. The average molecular weight is 481 g/mol. The Morgan fingerprint density at radius 1 is 1.09 bits per heavy atom. The monoisotopic (exact) mass is 480 g/mol. The Morgan fingerprint density at radius 3 is 2.53 bits per heavy atom. The number of amides is 1. The summed E-state index contributed by atoms with van der Waals surface area (Å²) in [7, 11) is 0. The van der Waals surface area contributed by atoms with E-state index in [1.165, 1.54) is 18.5 Å². The first-order valence-corrected chi connectivity index (χ1v) is 11.8. The second-order valence-electron chi connectivity index (χ2n) is 8.61. The molecule has 0 saturated carbocycles. The minimum absolute atomic E-state index is 0.367. The number of ether oxygens (including phenoxy) is 1. The maximum atomic E-state index is 12.7. The first-order chi connectivity index (χ1) is 16.3. The lowest BCUT2D eigenvalue weighted by molar-refractivity contribution is -0.119. The number of carbonyl (C=O) groups excluding carboxylic acids is 2. The Hall–Kier alpha value is -3.32. The van der Waals surface area contributed by atoms with Crippen LogP contribution in [-0.2, 0) is 16.1 Å². The van der Waals surface area contributed by atoms with Gasteiger partial charge in [0.25, 0.3) is 5.91 Å². The van der Waals surface area contributed by atoms with Crippen LogP contribution in [0.4, 0.5) is 11.4 Å². The number of halogens is 1. The number of carbonyl (C=O) groups is 2. The van der Waals surface area contributed by atoms with Gasteiger partial charge >= 0.3 is 5.97 Å². The van der Waals surface area contributed by atoms with Gasteiger partial charge in [0.1, 0.15) is 5.56 Å². The number of rotatable bonds is 7. The van der Waals surface area contributed by atoms with Crippen molar-refractivity contribution in [1.82, 2.24) is 9.78 Å². The van der Waals surface area contributed by atoms with Crippen LogP contribution in [0.1, 0.15) is 45.7 Å². The number of aryl methyl sites for hydroxylation is 2. The van der Waals surface area contributed by atoms with E-state index >= 15 is 0 Å². The number of esters is 1. The molecule has 1 fully saturated rings. The lowest BCUT2D eigenvalue weighted by atomic mass is 10.1. The number of nitrogens with zero attached hydrogens (tertiary/aromatic N) is 3. The second kappa shape index (κ2) is 10.3. The molecule has 0 spiro atoms. The van der Waals surface area contributed by atoms with Gasteiger partial charge in [-0.2, -0.15) is 5.10 Å². The van der Waals surface area contributed by atoms with Gasteiger partial charge in [0.2, 0.25) is 0 Å². The molecule has 0 unspecified atom stereocenters. The van der Waals surface area contributed by atoms with Crippen molar-refractivity contribution in [2.75, 3.05) is 29.9 Å². The van der Waals surface area contributed by atoms with Crippen LogP contribution in [0.25, 0.3) is 0 Å². The first-order valence-electron chi connectivity index (χ1n) is 11.4. The van der Waals surface area contributed by atoms with Gasteiger partial charge in [0.15, 0.2) is 6.61 Å². The van der Waals surface area contributed by atoms with Crippen molar-refractivity contribution < 1.29 is 14.3 Å². The fourth-order valence-electron chi connectivity index (χ4n) is 4.28. The molecular formula is C26H29ClN4O3. The normalized spacial score (nSPS) is 13.2. The summed E-state index contributed by atoms with van der Waals surface area (Å²) in [5.74, 6) is -0.958. The zero-order chi connectivity index (χ0) is 24.2. The van der Waals surface area contributed by atoms with Crippen LogP contribution in [0.15, 0.2) is 42.5 Å². The highest BCUT2D eigenvalue weighted by Gasteiger charge is 2.22. The summed E-state index contributed by atoms with van der Waals surface area (Å²) in [6.45, 7) is 7.70. The Balaban J connectivity index is 1.37. The van der Waals surface area contributed by atoms with Crippen molar-refractivity contribution in [2.45, 2.75) is 40.2 Å². The molecule has 3 aromatic rings. The van der Waals surface area contributed by atoms with Gasteiger partial charge in [-0.25, -0.2) is 4.79 Å². The van der Waals surface area contributed by atoms with Crippen LogP contribution in [0.3, 0.4) is 0 Å². The number of hydrogen-bond donors (Lipinski definition) is 1. The lowest BCUT2D eigenvalue weighted by Gasteiger charge is -2.19. The number of hydrogen-bond acceptors (Lipinski definition) is 5. The molecule has 0 aliphatic carbocycles. The van der Waals surface area contributed by atoms with Crippen LogP contribution in [0, 0.1) is 20.8 Å². The van der Waals surface area contributed by atoms with E-state index in [4.69, 9.17) is 16.3 Å². The summed E-state index contributed by atoms with van der Waals surface area (Å²) in [5, 5.41) is 7.94. The van der Waals surface area contributed by atoms with Crippen molar-refractivity contribution in [3.05, 3.63) is 75.6 Å². The summed E-state index contributed by atoms with van der Waals surface area (Å²) in [6.07, 6.45) is 2.42. The third-order valence-electron chi connectivity index (χ3n) is 6.15. The summed E-state index contributed by atoms with van der Waals surface area (Å²) >= 11 is 6.26. The molecule has 1 N–H and O–H groups in total. The molecule has 2 heterocycles. The summed E-state index contributed by atoms with van der Waals surface area (Å²) in [6, 6.07) is 13.5. The lowest BCUT2D eigenvalue weighted by Crippen LogP contribution is -2.22. The molecule has 34 heavy (non-hydrogen) atoms. The van der Waals surface area contributed by atoms with Crippen LogP contribution >= 0.6 is 11.6 Å². The minimum Gasteiger partial charge on any atom is -0.452 e. The highest BCUT2D eigenvalue weighted by Crippen LogP contribution is 2.25. The van der Waals surface area contributed by atoms with Crippen molar-refractivity contribution in [3.8, 4) is 0 Å². The molecule has 2 aromatic carbocycles. The zero-order valence-electron chi connectivity index (χ0n) is 19.7. The molecule has 1 aliphatic rings. The SMILES string of the molecule is Cc1cc(N2CCCC2)ccc1NC(=O)COC(=O)c1c(C)nn(Cc2ccccc2Cl)c1C. The molecular weight excluding hydrogens is 452 g/mol. The summed E-state index contributed by atoms with van der Waals surface area (Å²) < 4.78 is 7.04. The fourth-order valence-corrected chi connectivity index (χ4v) is 4.48. The van der Waals surface area contributed by atoms with Gasteiger partial charge in [0, 0.05) is 29.5 Å². The maximum absolute atomic E-state index is 12.7. The van der Waals surface area contributed by atoms with Gasteiger partial charge in [-0.1, -0.05) is 29.8 Å². The standard InChI is InChI=1S/C26H29ClN4O3/c1-17-14-21(30-12-6-7-13-30)10-11-23(17)28-24(32)16-34-26(33)25-18(2)29-31(19(25)3)15-20-8-4-5-9-22(20)27/h4-5,8-11,14H,6-7,12-13,15-16H2,1-3H3,(H,28,32). The Morgan fingerprint density at radius 2 is 1.82 bits per heavy atom. The molecule has 8 heteroatoms. The fraction of sp³-hybridized carbons (Fsp3) is 0.346. The van der Waals surface area contributed by atoms with Gasteiger partial charge in [-0.3, -0.25) is 9.48 Å². The predicted octanol–water partition coefficient (Wildman–Crippen LogP) is 4.91. The quantitative estimate of drug-likeness (QED) is 0.486. The van der Waals surface area contributed by atoms with Gasteiger partial charge < -0.3 is 15.0 Å². The second-order valence-corrected chi connectivity index (χ2v) is 9.02. The van der Waals surface area contributed by atoms with Crippen molar-refractivity contribution >= 4 is 34.9 Å². The van der Waals surface area contributed by atoms with Crippen LogP contribution in [0.2, 0.25) is 5.02 Å². The molecule has 178 valence electrons. The van der Waals surface area contributed by atoms with Crippen molar-refractivity contribution in [2.24, 2.45) is 0 Å². The molecule has 7 nitrogen and oxygen atoms in total. The number of anilines is 2. The van der Waals surface area contributed by atoms with Gasteiger partial charge in [-0.15, -0.1) is 0 Å². The summed E-state index contributed by atoms with van der Waals surface area (Å²) in [5.41, 5.74) is 5.32. The maximum Gasteiger partial charge on any atom is 0.342 e. The molecule has 1 aliphatic heterocycles. The largest absolute Gasteiger partial charge is 0.452 e. The number of aromatic nitrogens is 2. The van der Waals surface area contributed by atoms with E-state index in [0.717, 1.165) is 24.2 Å². The van der Waals surface area contributed by atoms with Crippen LogP contribution in [-0.4, -0.2) is 41.4 Å². The number of benzene rings is 2. The van der Waals surface area contributed by atoms with E-state index in [0.29, 0.717) is 34.2 Å². The molecule has 0 atom stereocenters. The van der Waals surface area contributed by atoms with E-state index in [2.05, 4.69) is 21.4 Å². The molecule has 4 rings (SSSR count). The van der Waals surface area contributed by atoms with E-state index in [-0.39, 0.29) is 12.5 Å². The molecule has 1 aromatic heterocycles. The van der Waals surface area contributed by atoms with Crippen LogP contribution in [0.5, 0.6) is 0 Å². The third kappa shape index (κ3) is 5.25. The Bertz CT molecular complexity index is 1210. The Kier molecular flexibility index (Phi) is 7.22. The molecule has 1 amide bonds. The van der Waals surface area contributed by atoms with Crippen molar-refractivity contribution in [1.29, 1.82) is 0 Å². The Labute approximate surface area is 204 Å². The topological polar surface area (TPSA) is 76.5 Å². The van der Waals surface area contributed by atoms with E-state index < -0.39 is 5.97 Å².